The molecule has 0 radical (unpaired) electrons. The van der Waals surface area contributed by atoms with Gasteiger partial charge >= 0.3 is 6.16 Å². The minimum atomic E-state index is -0.774. The Kier molecular flexibility index (Phi) is 9.43. The second kappa shape index (κ2) is 11.8. The van der Waals surface area contributed by atoms with Crippen molar-refractivity contribution in [1.29, 1.82) is 0 Å². The Labute approximate surface area is 186 Å². The number of rotatable bonds is 9. The van der Waals surface area contributed by atoms with Crippen molar-refractivity contribution in [2.45, 2.75) is 32.4 Å². The highest BCUT2D eigenvalue weighted by Gasteiger charge is 2.24. The first kappa shape index (κ1) is 24.0. The van der Waals surface area contributed by atoms with Gasteiger partial charge in [-0.1, -0.05) is 47.5 Å². The van der Waals surface area contributed by atoms with Gasteiger partial charge < -0.3 is 19.5 Å². The quantitative estimate of drug-likeness (QED) is 0.546. The molecule has 0 aliphatic rings. The molecule has 0 saturated heterocycles. The highest BCUT2D eigenvalue weighted by Crippen LogP contribution is 2.27. The molecule has 0 bridgehead atoms. The molecule has 2 unspecified atom stereocenters. The SMILES string of the molecule is CCOC(=O)OC(C)C(Cc1ccc(-c2cc(Cl)cc(Cl)c2)cc1)NC(=O)COC. The van der Waals surface area contributed by atoms with E-state index < -0.39 is 18.3 Å². The molecule has 30 heavy (non-hydrogen) atoms. The van der Waals surface area contributed by atoms with E-state index in [0.29, 0.717) is 16.5 Å². The molecule has 0 saturated carbocycles. The van der Waals surface area contributed by atoms with E-state index in [0.717, 1.165) is 16.7 Å². The number of hydrogen-bond acceptors (Lipinski definition) is 5. The molecule has 6 nitrogen and oxygen atoms in total. The maximum atomic E-state index is 12.0. The van der Waals surface area contributed by atoms with Crippen LogP contribution in [0.25, 0.3) is 11.1 Å². The lowest BCUT2D eigenvalue weighted by atomic mass is 9.98. The van der Waals surface area contributed by atoms with E-state index in [1.165, 1.54) is 7.11 Å². The number of hydrogen-bond donors (Lipinski definition) is 1. The van der Waals surface area contributed by atoms with Crippen molar-refractivity contribution in [2.75, 3.05) is 20.3 Å². The number of carbonyl (C=O) groups is 2. The van der Waals surface area contributed by atoms with Crippen LogP contribution >= 0.6 is 23.2 Å². The fourth-order valence-corrected chi connectivity index (χ4v) is 3.43. The average Bonchev–Trinajstić information content (AvgIpc) is 2.67. The van der Waals surface area contributed by atoms with E-state index in [-0.39, 0.29) is 19.1 Å². The van der Waals surface area contributed by atoms with Crippen LogP contribution in [0.5, 0.6) is 0 Å². The Balaban J connectivity index is 2.15. The molecule has 2 rings (SSSR count). The third-order valence-electron chi connectivity index (χ3n) is 4.34. The molecule has 2 atom stereocenters. The summed E-state index contributed by atoms with van der Waals surface area (Å²) < 4.78 is 15.0. The van der Waals surface area contributed by atoms with Crippen LogP contribution in [0.4, 0.5) is 4.79 Å². The van der Waals surface area contributed by atoms with E-state index in [1.54, 1.807) is 19.9 Å². The summed E-state index contributed by atoms with van der Waals surface area (Å²) in [6.45, 7) is 3.52. The van der Waals surface area contributed by atoms with Crippen LogP contribution in [0.1, 0.15) is 19.4 Å². The van der Waals surface area contributed by atoms with E-state index >= 15 is 0 Å². The van der Waals surface area contributed by atoms with Crippen LogP contribution in [0, 0.1) is 0 Å². The van der Waals surface area contributed by atoms with Gasteiger partial charge in [-0.2, -0.15) is 0 Å². The van der Waals surface area contributed by atoms with Gasteiger partial charge in [0.15, 0.2) is 0 Å². The predicted octanol–water partition coefficient (Wildman–Crippen LogP) is 4.90. The van der Waals surface area contributed by atoms with Gasteiger partial charge in [0.25, 0.3) is 0 Å². The molecular formula is C22H25Cl2NO5. The Bertz CT molecular complexity index is 837. The number of nitrogens with one attached hydrogen (secondary N) is 1. The number of ether oxygens (including phenoxy) is 3. The Morgan fingerprint density at radius 3 is 2.23 bits per heavy atom. The van der Waals surface area contributed by atoms with Crippen LogP contribution in [-0.4, -0.2) is 44.5 Å². The van der Waals surface area contributed by atoms with Crippen molar-refractivity contribution in [3.05, 3.63) is 58.1 Å². The van der Waals surface area contributed by atoms with Gasteiger partial charge in [0.1, 0.15) is 12.7 Å². The fraction of sp³-hybridized carbons (Fsp3) is 0.364. The third-order valence-corrected chi connectivity index (χ3v) is 4.77. The first-order chi connectivity index (χ1) is 14.3. The summed E-state index contributed by atoms with van der Waals surface area (Å²) in [6, 6.07) is 12.7. The third kappa shape index (κ3) is 7.52. The van der Waals surface area contributed by atoms with Crippen LogP contribution in [0.3, 0.4) is 0 Å². The minimum absolute atomic E-state index is 0.0862. The van der Waals surface area contributed by atoms with Crippen molar-refractivity contribution in [3.8, 4) is 11.1 Å². The van der Waals surface area contributed by atoms with E-state index in [1.807, 2.05) is 36.4 Å². The Hall–Kier alpha value is -2.28. The monoisotopic (exact) mass is 453 g/mol. The second-order valence-electron chi connectivity index (χ2n) is 6.67. The van der Waals surface area contributed by atoms with Crippen LogP contribution in [0.15, 0.2) is 42.5 Å². The number of carbonyl (C=O) groups excluding carboxylic acids is 2. The zero-order valence-corrected chi connectivity index (χ0v) is 18.6. The first-order valence-electron chi connectivity index (χ1n) is 9.49. The summed E-state index contributed by atoms with van der Waals surface area (Å²) in [5.41, 5.74) is 2.82. The maximum absolute atomic E-state index is 12.0. The van der Waals surface area contributed by atoms with Crippen molar-refractivity contribution in [3.63, 3.8) is 0 Å². The van der Waals surface area contributed by atoms with Crippen LogP contribution < -0.4 is 5.32 Å². The Morgan fingerprint density at radius 1 is 1.03 bits per heavy atom. The summed E-state index contributed by atoms with van der Waals surface area (Å²) >= 11 is 12.2. The van der Waals surface area contributed by atoms with Crippen molar-refractivity contribution in [1.82, 2.24) is 5.32 Å². The van der Waals surface area contributed by atoms with E-state index in [2.05, 4.69) is 5.32 Å². The molecule has 0 aromatic heterocycles. The minimum Gasteiger partial charge on any atom is -0.435 e. The summed E-state index contributed by atoms with van der Waals surface area (Å²) in [5, 5.41) is 3.97. The fourth-order valence-electron chi connectivity index (χ4n) is 2.91. The molecule has 2 aromatic rings. The molecule has 162 valence electrons. The lowest BCUT2D eigenvalue weighted by Gasteiger charge is -2.25. The van der Waals surface area contributed by atoms with Gasteiger partial charge in [-0.3, -0.25) is 4.79 Å². The highest BCUT2D eigenvalue weighted by atomic mass is 35.5. The standard InChI is InChI=1S/C22H25Cl2NO5/c1-4-29-22(27)30-14(2)20(25-21(26)13-28-3)9-15-5-7-16(8-6-15)17-10-18(23)12-19(24)11-17/h5-8,10-12,14,20H,4,9,13H2,1-3H3,(H,25,26). The summed E-state index contributed by atoms with van der Waals surface area (Å²) in [4.78, 5) is 23.7. The number of benzene rings is 2. The summed E-state index contributed by atoms with van der Waals surface area (Å²) in [6.07, 6.45) is -0.924. The number of halogens is 2. The number of amides is 1. The largest absolute Gasteiger partial charge is 0.508 e. The van der Waals surface area contributed by atoms with Crippen molar-refractivity contribution >= 4 is 35.3 Å². The second-order valence-corrected chi connectivity index (χ2v) is 7.55. The molecule has 0 aliphatic heterocycles. The molecule has 0 aliphatic carbocycles. The molecule has 0 spiro atoms. The Morgan fingerprint density at radius 2 is 1.67 bits per heavy atom. The predicted molar refractivity (Wildman–Crippen MR) is 117 cm³/mol. The van der Waals surface area contributed by atoms with E-state index in [4.69, 9.17) is 37.4 Å². The number of methoxy groups -OCH3 is 1. The topological polar surface area (TPSA) is 73.9 Å². The molecule has 1 amide bonds. The average molecular weight is 454 g/mol. The van der Waals surface area contributed by atoms with Gasteiger partial charge in [-0.05, 0) is 55.2 Å². The molecular weight excluding hydrogens is 429 g/mol. The van der Waals surface area contributed by atoms with Gasteiger partial charge in [-0.15, -0.1) is 0 Å². The van der Waals surface area contributed by atoms with Gasteiger partial charge in [-0.25, -0.2) is 4.79 Å². The molecule has 0 heterocycles. The zero-order valence-electron chi connectivity index (χ0n) is 17.1. The maximum Gasteiger partial charge on any atom is 0.508 e. The molecule has 8 heteroatoms. The molecule has 0 fully saturated rings. The molecule has 2 aromatic carbocycles. The normalized spacial score (nSPS) is 12.7. The smallest absolute Gasteiger partial charge is 0.435 e. The highest BCUT2D eigenvalue weighted by molar-refractivity contribution is 6.35. The van der Waals surface area contributed by atoms with E-state index in [9.17, 15) is 9.59 Å². The van der Waals surface area contributed by atoms with Gasteiger partial charge in [0.2, 0.25) is 5.91 Å². The van der Waals surface area contributed by atoms with Crippen LogP contribution in [0.2, 0.25) is 10.0 Å². The summed E-state index contributed by atoms with van der Waals surface area (Å²) in [5.74, 6) is -0.299. The van der Waals surface area contributed by atoms with Gasteiger partial charge in [0.05, 0.1) is 12.6 Å². The zero-order chi connectivity index (χ0) is 22.1. The van der Waals surface area contributed by atoms with Crippen molar-refractivity contribution < 1.29 is 23.8 Å². The lowest BCUT2D eigenvalue weighted by molar-refractivity contribution is -0.126. The molecule has 1 N–H and O–H groups in total. The lowest BCUT2D eigenvalue weighted by Crippen LogP contribution is -2.46. The first-order valence-corrected chi connectivity index (χ1v) is 10.2. The van der Waals surface area contributed by atoms with Crippen LogP contribution in [-0.2, 0) is 25.4 Å². The summed E-state index contributed by atoms with van der Waals surface area (Å²) in [7, 11) is 1.44. The van der Waals surface area contributed by atoms with Crippen molar-refractivity contribution in [2.24, 2.45) is 0 Å². The van der Waals surface area contributed by atoms with Gasteiger partial charge in [0, 0.05) is 17.2 Å².